The Labute approximate surface area is 390 Å². The highest BCUT2D eigenvalue weighted by atomic mass is 19.4. The predicted molar refractivity (Wildman–Crippen MR) is 232 cm³/mol. The molecule has 19 nitrogen and oxygen atoms in total. The van der Waals surface area contributed by atoms with Crippen LogP contribution < -0.4 is 25.2 Å². The van der Waals surface area contributed by atoms with Crippen molar-refractivity contribution in [3.05, 3.63) is 104 Å². The van der Waals surface area contributed by atoms with Crippen LogP contribution in [0.3, 0.4) is 0 Å². The first-order valence-corrected chi connectivity index (χ1v) is 21.0. The van der Waals surface area contributed by atoms with Crippen molar-refractivity contribution in [2.45, 2.75) is 111 Å². The Hall–Kier alpha value is -7.62. The smallest absolute Gasteiger partial charge is 0.442 e. The van der Waals surface area contributed by atoms with Gasteiger partial charge in [0.25, 0.3) is 5.91 Å². The third-order valence-corrected chi connectivity index (χ3v) is 10.4. The average Bonchev–Trinajstić information content (AvgIpc) is 4.08. The van der Waals surface area contributed by atoms with Crippen molar-refractivity contribution in [1.29, 1.82) is 0 Å². The molecule has 3 aromatic carbocycles. The first kappa shape index (κ1) is 50.8. The minimum Gasteiger partial charge on any atom is -0.488 e. The number of benzene rings is 3. The van der Waals surface area contributed by atoms with Gasteiger partial charge in [0.05, 0.1) is 5.39 Å². The monoisotopic (exact) mass is 965 g/mol. The molecule has 0 aliphatic carbocycles. The summed E-state index contributed by atoms with van der Waals surface area (Å²) in [5.74, 6) is -5.17. The van der Waals surface area contributed by atoms with Crippen molar-refractivity contribution < 1.29 is 84.3 Å². The number of allylic oxidation sites excluding steroid dienone is 2. The van der Waals surface area contributed by atoms with Crippen LogP contribution >= 0.6 is 0 Å². The van der Waals surface area contributed by atoms with Crippen LogP contribution in [-0.2, 0) is 66.3 Å². The minimum absolute atomic E-state index is 0.0109. The molecule has 1 saturated heterocycles. The molecule has 0 spiro atoms. The zero-order chi connectivity index (χ0) is 50.5. The fraction of sp³-hybridized carbons (Fsp3) is 0.383. The lowest BCUT2D eigenvalue weighted by molar-refractivity contribution is -0.288. The van der Waals surface area contributed by atoms with Crippen molar-refractivity contribution >= 4 is 52.4 Å². The van der Waals surface area contributed by atoms with Crippen LogP contribution in [0.25, 0.3) is 11.0 Å². The van der Waals surface area contributed by atoms with Gasteiger partial charge >= 0.3 is 47.3 Å². The number of nitrogens with zero attached hydrogens (tertiary/aromatic N) is 2. The van der Waals surface area contributed by atoms with E-state index in [4.69, 9.17) is 42.3 Å². The number of esters is 5. The predicted octanol–water partition coefficient (Wildman–Crippen LogP) is 7.01. The summed E-state index contributed by atoms with van der Waals surface area (Å²) >= 11 is 0. The first-order valence-electron chi connectivity index (χ1n) is 21.0. The van der Waals surface area contributed by atoms with E-state index >= 15 is 0 Å². The Kier molecular flexibility index (Phi) is 15.2. The third-order valence-electron chi connectivity index (χ3n) is 10.4. The largest absolute Gasteiger partial charge is 0.488 e. The second-order valence-electron chi connectivity index (χ2n) is 16.1. The van der Waals surface area contributed by atoms with Gasteiger partial charge in [-0.15, -0.1) is 10.2 Å². The maximum atomic E-state index is 14.2. The summed E-state index contributed by atoms with van der Waals surface area (Å²) in [4.78, 5) is 89.9. The van der Waals surface area contributed by atoms with E-state index in [9.17, 15) is 46.7 Å². The molecular weight excluding hydrogens is 920 g/mol. The number of anilines is 1. The molecule has 5 atom stereocenters. The van der Waals surface area contributed by atoms with Gasteiger partial charge in [0.2, 0.25) is 12.4 Å². The van der Waals surface area contributed by atoms with E-state index in [0.717, 1.165) is 33.3 Å². The van der Waals surface area contributed by atoms with E-state index in [2.05, 4.69) is 15.5 Å². The molecule has 2 aliphatic rings. The van der Waals surface area contributed by atoms with E-state index in [1.807, 2.05) is 19.9 Å². The number of halogens is 3. The normalized spacial score (nSPS) is 19.1. The van der Waals surface area contributed by atoms with Gasteiger partial charge in [-0.25, -0.2) is 4.79 Å². The van der Waals surface area contributed by atoms with E-state index < -0.39 is 102 Å². The molecule has 0 bridgehead atoms. The number of carbonyl (C=O) groups excluding carboxylic acids is 6. The zero-order valence-corrected chi connectivity index (χ0v) is 38.3. The van der Waals surface area contributed by atoms with Crippen LogP contribution in [0.15, 0.2) is 85.7 Å². The number of amides is 1. The molecule has 6 rings (SSSR count). The number of hydrogen-bond acceptors (Lipinski definition) is 18. The number of aryl methyl sites for hydroxylation is 1. The zero-order valence-electron chi connectivity index (χ0n) is 38.3. The topological polar surface area (TPSA) is 243 Å². The Balaban J connectivity index is 1.45. The van der Waals surface area contributed by atoms with Crippen molar-refractivity contribution in [3.8, 4) is 17.2 Å². The van der Waals surface area contributed by atoms with Gasteiger partial charge in [0, 0.05) is 51.3 Å². The summed E-state index contributed by atoms with van der Waals surface area (Å²) in [6.07, 6.45) is -11.0. The first-order chi connectivity index (χ1) is 32.5. The van der Waals surface area contributed by atoms with Gasteiger partial charge in [-0.05, 0) is 68.7 Å². The van der Waals surface area contributed by atoms with Crippen LogP contribution in [0, 0.1) is 6.92 Å². The lowest BCUT2D eigenvalue weighted by atomic mass is 9.98. The summed E-state index contributed by atoms with van der Waals surface area (Å²) in [5.41, 5.74) is -2.76. The van der Waals surface area contributed by atoms with Gasteiger partial charge in [-0.2, -0.15) is 13.2 Å². The summed E-state index contributed by atoms with van der Waals surface area (Å²) in [6.45, 7) is 9.82. The van der Waals surface area contributed by atoms with Crippen LogP contribution in [0.4, 0.5) is 18.9 Å². The molecule has 3 heterocycles. The molecule has 1 amide bonds. The molecule has 0 unspecified atom stereocenters. The van der Waals surface area contributed by atoms with Crippen LogP contribution in [0.5, 0.6) is 17.2 Å². The van der Waals surface area contributed by atoms with Crippen molar-refractivity contribution in [2.75, 3.05) is 11.9 Å². The second-order valence-corrected chi connectivity index (χ2v) is 16.1. The Morgan fingerprint density at radius 3 is 1.99 bits per heavy atom. The number of fused-ring (bicyclic) bond motifs is 1. The highest BCUT2D eigenvalue weighted by Crippen LogP contribution is 2.52. The number of hydrogen-bond donors (Lipinski definition) is 1. The third kappa shape index (κ3) is 11.9. The highest BCUT2D eigenvalue weighted by Gasteiger charge is 2.65. The summed E-state index contributed by atoms with van der Waals surface area (Å²) in [7, 11) is 0. The van der Waals surface area contributed by atoms with E-state index in [1.54, 1.807) is 0 Å². The molecular formula is C47H46F3N3O16. The maximum absolute atomic E-state index is 14.2. The van der Waals surface area contributed by atoms with E-state index in [1.165, 1.54) is 68.4 Å². The van der Waals surface area contributed by atoms with Gasteiger partial charge in [-0.1, -0.05) is 35.9 Å². The number of ether oxygens (including phenoxy) is 8. The highest BCUT2D eigenvalue weighted by molar-refractivity contribution is 6.07. The van der Waals surface area contributed by atoms with Gasteiger partial charge in [-0.3, -0.25) is 28.8 Å². The number of carbonyl (C=O) groups is 6. The Bertz CT molecular complexity index is 2790. The lowest BCUT2D eigenvalue weighted by Crippen LogP contribution is -2.63. The Morgan fingerprint density at radius 2 is 1.41 bits per heavy atom. The molecule has 2 aliphatic heterocycles. The summed E-state index contributed by atoms with van der Waals surface area (Å²) in [6, 6.07) is 12.3. The summed E-state index contributed by atoms with van der Waals surface area (Å²) < 4.78 is 92.3. The van der Waals surface area contributed by atoms with Gasteiger partial charge in [0.1, 0.15) is 36.4 Å². The fourth-order valence-corrected chi connectivity index (χ4v) is 7.21. The van der Waals surface area contributed by atoms with Gasteiger partial charge < -0.3 is 47.6 Å². The number of alkyl halides is 3. The maximum Gasteiger partial charge on any atom is 0.442 e. The Morgan fingerprint density at radius 1 is 0.783 bits per heavy atom. The van der Waals surface area contributed by atoms with Crippen LogP contribution in [0.1, 0.15) is 81.1 Å². The number of rotatable bonds is 16. The summed E-state index contributed by atoms with van der Waals surface area (Å²) in [5, 5.41) is 8.94. The second kappa shape index (κ2) is 20.7. The molecule has 69 heavy (non-hydrogen) atoms. The van der Waals surface area contributed by atoms with Crippen molar-refractivity contribution in [2.24, 2.45) is 10.2 Å². The van der Waals surface area contributed by atoms with Gasteiger partial charge in [0.15, 0.2) is 23.6 Å². The SMILES string of the molecule is CC(=O)OC[C@H]1O[C@@H](Oc2c(NC(=O)c3ccc(OC(C)=O)c(CC=C(C)C)c3)c(=O)oc3c(C)c(OCc4ccc(C5(C(F)(F)F)N=N5)cc4)ccc23)[C@H](OC(C)=O)[C@@H](OC(C)=O)[C@@H]1OC(C)=O. The van der Waals surface area contributed by atoms with Crippen LogP contribution in [-0.4, -0.2) is 79.2 Å². The standard InChI is InChI=1S/C47H46F3N3O16/c1-22(2)9-12-30-19-31(13-17-35(30)63-25(5)55)43(59)51-37-39(69-45-42(66-28(8)58)41(65-27(7)57)40(64-26(6)56)36(67-45)21-61-24(4)54)33-16-18-34(23(3)38(33)68-44(37)60)62-20-29-10-14-32(15-11-29)46(52-53-46)47(48,49)50/h9-11,13-19,36,40-42,45H,12,20-21H2,1-8H3,(H,51,59)/t36-,40-,41+,42-,45+/m1/s1. The molecule has 4 aromatic rings. The van der Waals surface area contributed by atoms with Crippen molar-refractivity contribution in [3.63, 3.8) is 0 Å². The number of nitrogens with one attached hydrogen (secondary N) is 1. The minimum atomic E-state index is -4.72. The van der Waals surface area contributed by atoms with Crippen molar-refractivity contribution in [1.82, 2.24) is 0 Å². The van der Waals surface area contributed by atoms with E-state index in [0.29, 0.717) is 11.1 Å². The van der Waals surface area contributed by atoms with Crippen LogP contribution in [0.2, 0.25) is 0 Å². The average molecular weight is 966 g/mol. The quantitative estimate of drug-likeness (QED) is 0.0390. The molecule has 1 fully saturated rings. The molecule has 0 radical (unpaired) electrons. The molecule has 0 saturated carbocycles. The molecule has 22 heteroatoms. The van der Waals surface area contributed by atoms with E-state index in [-0.39, 0.29) is 52.2 Å². The molecule has 366 valence electrons. The molecule has 1 N–H and O–H groups in total. The fourth-order valence-electron chi connectivity index (χ4n) is 7.21. The lowest BCUT2D eigenvalue weighted by Gasteiger charge is -2.44. The molecule has 1 aromatic heterocycles.